The van der Waals surface area contributed by atoms with Crippen LogP contribution in [-0.2, 0) is 4.79 Å². The zero-order valence-corrected chi connectivity index (χ0v) is 15.3. The maximum absolute atomic E-state index is 14.1. The zero-order valence-electron chi connectivity index (χ0n) is 15.3. The van der Waals surface area contributed by atoms with E-state index in [1.165, 1.54) is 24.3 Å². The topological polar surface area (TPSA) is 122 Å². The summed E-state index contributed by atoms with van der Waals surface area (Å²) in [6, 6.07) is 5.03. The van der Waals surface area contributed by atoms with Crippen molar-refractivity contribution in [3.05, 3.63) is 46.5 Å². The van der Waals surface area contributed by atoms with Gasteiger partial charge in [-0.3, -0.25) is 14.9 Å². The van der Waals surface area contributed by atoms with Crippen LogP contribution in [-0.4, -0.2) is 34.7 Å². The van der Waals surface area contributed by atoms with Gasteiger partial charge in [0.05, 0.1) is 4.92 Å². The van der Waals surface area contributed by atoms with E-state index >= 15 is 0 Å². The highest BCUT2D eigenvalue weighted by Gasteiger charge is 2.35. The number of nitrogens with one attached hydrogen (secondary N) is 2. The molecule has 28 heavy (non-hydrogen) atoms. The molecule has 1 aliphatic carbocycles. The van der Waals surface area contributed by atoms with Crippen molar-refractivity contribution in [2.75, 3.05) is 11.9 Å². The van der Waals surface area contributed by atoms with Crippen LogP contribution in [0.15, 0.2) is 36.4 Å². The highest BCUT2D eigenvalue weighted by atomic mass is 19.1. The van der Waals surface area contributed by atoms with Crippen molar-refractivity contribution in [1.82, 2.24) is 5.32 Å². The van der Waals surface area contributed by atoms with E-state index < -0.39 is 23.1 Å². The number of nitro benzene ring substituents is 1. The standard InChI is InChI=1S/C19H24FN3O5/c20-17-11-6-13(16(17)4-2-1-3-5-18(24)25)12-21-19(26)22-14-7-9-15(10-8-14)23(27)28/h1-2,7-10,13,16-17H,3-6,11-12H2,(H,24,25)(H2,21,22,26)/b2-1-/t13-,16-,17-/m1/s1. The van der Waals surface area contributed by atoms with E-state index in [-0.39, 0.29) is 23.9 Å². The summed E-state index contributed by atoms with van der Waals surface area (Å²) in [6.07, 6.45) is 4.73. The van der Waals surface area contributed by atoms with Crippen LogP contribution >= 0.6 is 0 Å². The van der Waals surface area contributed by atoms with E-state index in [0.717, 1.165) is 0 Å². The summed E-state index contributed by atoms with van der Waals surface area (Å²) in [7, 11) is 0. The van der Waals surface area contributed by atoms with Crippen molar-refractivity contribution in [2.24, 2.45) is 11.8 Å². The van der Waals surface area contributed by atoms with Crippen molar-refractivity contribution in [1.29, 1.82) is 0 Å². The van der Waals surface area contributed by atoms with Crippen molar-refractivity contribution in [3.8, 4) is 0 Å². The van der Waals surface area contributed by atoms with E-state index in [1.807, 2.05) is 6.08 Å². The number of rotatable bonds is 9. The Kier molecular flexibility index (Phi) is 7.91. The average molecular weight is 393 g/mol. The van der Waals surface area contributed by atoms with Crippen molar-refractivity contribution in [3.63, 3.8) is 0 Å². The Hall–Kier alpha value is -2.97. The fourth-order valence-corrected chi connectivity index (χ4v) is 3.33. The Bertz CT molecular complexity index is 723. The van der Waals surface area contributed by atoms with Crippen molar-refractivity contribution in [2.45, 2.75) is 38.3 Å². The summed E-state index contributed by atoms with van der Waals surface area (Å²) in [5.74, 6) is -1.07. The molecule has 0 spiro atoms. The molecule has 1 aliphatic rings. The molecule has 0 saturated heterocycles. The molecule has 1 aromatic rings. The van der Waals surface area contributed by atoms with Crippen LogP contribution in [0.3, 0.4) is 0 Å². The van der Waals surface area contributed by atoms with Gasteiger partial charge < -0.3 is 15.7 Å². The van der Waals surface area contributed by atoms with Gasteiger partial charge in [0.2, 0.25) is 0 Å². The molecule has 2 rings (SSSR count). The summed E-state index contributed by atoms with van der Waals surface area (Å²) in [4.78, 5) is 32.6. The van der Waals surface area contributed by atoms with Crippen LogP contribution in [0.2, 0.25) is 0 Å². The predicted molar refractivity (Wildman–Crippen MR) is 102 cm³/mol. The fourth-order valence-electron chi connectivity index (χ4n) is 3.33. The van der Waals surface area contributed by atoms with Gasteiger partial charge in [0.15, 0.2) is 0 Å². The molecule has 0 aliphatic heterocycles. The molecule has 1 saturated carbocycles. The number of halogens is 1. The SMILES string of the molecule is O=C(O)CC/C=C\C[C@@H]1[C@@H](CNC(=O)Nc2ccc([N+](=O)[O-])cc2)CC[C@H]1F. The Balaban J connectivity index is 1.78. The zero-order chi connectivity index (χ0) is 20.5. The minimum absolute atomic E-state index is 0.00161. The third kappa shape index (κ3) is 6.64. The molecular formula is C19H24FN3O5. The number of nitrogens with zero attached hydrogens (tertiary/aromatic N) is 1. The second-order valence-electron chi connectivity index (χ2n) is 6.80. The smallest absolute Gasteiger partial charge is 0.319 e. The maximum atomic E-state index is 14.1. The molecule has 1 fully saturated rings. The van der Waals surface area contributed by atoms with Gasteiger partial charge in [0.1, 0.15) is 6.17 Å². The van der Waals surface area contributed by atoms with E-state index in [0.29, 0.717) is 37.9 Å². The van der Waals surface area contributed by atoms with Gasteiger partial charge >= 0.3 is 12.0 Å². The highest BCUT2D eigenvalue weighted by Crippen LogP contribution is 2.36. The van der Waals surface area contributed by atoms with Gasteiger partial charge in [-0.25, -0.2) is 9.18 Å². The molecule has 0 heterocycles. The number of hydrogen-bond donors (Lipinski definition) is 3. The van der Waals surface area contributed by atoms with Gasteiger partial charge in [-0.1, -0.05) is 12.2 Å². The molecule has 0 aromatic heterocycles. The number of hydrogen-bond acceptors (Lipinski definition) is 4. The van der Waals surface area contributed by atoms with Crippen LogP contribution < -0.4 is 10.6 Å². The van der Waals surface area contributed by atoms with Crippen LogP contribution in [0, 0.1) is 22.0 Å². The lowest BCUT2D eigenvalue weighted by molar-refractivity contribution is -0.384. The second kappa shape index (κ2) is 10.4. The van der Waals surface area contributed by atoms with Crippen LogP contribution in [0.5, 0.6) is 0 Å². The van der Waals surface area contributed by atoms with Crippen LogP contribution in [0.25, 0.3) is 0 Å². The number of urea groups is 1. The third-order valence-electron chi connectivity index (χ3n) is 4.84. The van der Waals surface area contributed by atoms with Gasteiger partial charge in [0.25, 0.3) is 5.69 Å². The molecule has 0 unspecified atom stereocenters. The normalized spacial score (nSPS) is 21.5. The summed E-state index contributed by atoms with van der Waals surface area (Å²) in [6.45, 7) is 0.326. The van der Waals surface area contributed by atoms with E-state index in [2.05, 4.69) is 10.6 Å². The molecule has 9 heteroatoms. The fraction of sp³-hybridized carbons (Fsp3) is 0.474. The van der Waals surface area contributed by atoms with E-state index in [9.17, 15) is 24.1 Å². The van der Waals surface area contributed by atoms with Crippen LogP contribution in [0.1, 0.15) is 32.1 Å². The molecule has 2 amide bonds. The van der Waals surface area contributed by atoms with Crippen molar-refractivity contribution < 1.29 is 24.0 Å². The first kappa shape index (κ1) is 21.3. The molecule has 3 N–H and O–H groups in total. The number of carbonyl (C=O) groups is 2. The van der Waals surface area contributed by atoms with E-state index in [4.69, 9.17) is 5.11 Å². The van der Waals surface area contributed by atoms with Gasteiger partial charge in [-0.15, -0.1) is 0 Å². The number of carboxylic acid groups (broad SMARTS) is 1. The first-order valence-electron chi connectivity index (χ1n) is 9.17. The molecular weight excluding hydrogens is 369 g/mol. The Morgan fingerprint density at radius 3 is 2.61 bits per heavy atom. The highest BCUT2D eigenvalue weighted by molar-refractivity contribution is 5.89. The minimum Gasteiger partial charge on any atom is -0.481 e. The number of carboxylic acids is 1. The number of allylic oxidation sites excluding steroid dienone is 2. The monoisotopic (exact) mass is 393 g/mol. The number of carbonyl (C=O) groups excluding carboxylic acids is 1. The third-order valence-corrected chi connectivity index (χ3v) is 4.84. The number of nitro groups is 1. The number of anilines is 1. The summed E-state index contributed by atoms with van der Waals surface area (Å²) < 4.78 is 14.1. The van der Waals surface area contributed by atoms with E-state index in [1.54, 1.807) is 6.08 Å². The molecule has 1 aromatic carbocycles. The van der Waals surface area contributed by atoms with Gasteiger partial charge in [-0.05, 0) is 49.7 Å². The maximum Gasteiger partial charge on any atom is 0.319 e. The van der Waals surface area contributed by atoms with Gasteiger partial charge in [0, 0.05) is 30.8 Å². The second-order valence-corrected chi connectivity index (χ2v) is 6.80. The lowest BCUT2D eigenvalue weighted by Gasteiger charge is -2.20. The molecule has 0 radical (unpaired) electrons. The summed E-state index contributed by atoms with van der Waals surface area (Å²) >= 11 is 0. The summed E-state index contributed by atoms with van der Waals surface area (Å²) in [5, 5.41) is 24.5. The molecule has 8 nitrogen and oxygen atoms in total. The summed E-state index contributed by atoms with van der Waals surface area (Å²) in [5.41, 5.74) is 0.362. The first-order chi connectivity index (χ1) is 13.4. The number of alkyl halides is 1. The predicted octanol–water partition coefficient (Wildman–Crippen LogP) is 3.89. The Morgan fingerprint density at radius 2 is 1.96 bits per heavy atom. The molecule has 3 atom stereocenters. The number of aliphatic carboxylic acids is 1. The quantitative estimate of drug-likeness (QED) is 0.334. The largest absolute Gasteiger partial charge is 0.481 e. The molecule has 0 bridgehead atoms. The minimum atomic E-state index is -0.936. The number of benzene rings is 1. The van der Waals surface area contributed by atoms with Crippen LogP contribution in [0.4, 0.5) is 20.6 Å². The first-order valence-corrected chi connectivity index (χ1v) is 9.17. The number of amides is 2. The van der Waals surface area contributed by atoms with Crippen molar-refractivity contribution >= 4 is 23.4 Å². The Labute approximate surface area is 162 Å². The average Bonchev–Trinajstić information content (AvgIpc) is 3.00. The number of non-ortho nitro benzene ring substituents is 1. The molecule has 152 valence electrons. The lowest BCUT2D eigenvalue weighted by Crippen LogP contribution is -2.35. The Morgan fingerprint density at radius 1 is 1.25 bits per heavy atom. The lowest BCUT2D eigenvalue weighted by atomic mass is 9.91. The van der Waals surface area contributed by atoms with Gasteiger partial charge in [-0.2, -0.15) is 0 Å².